The summed E-state index contributed by atoms with van der Waals surface area (Å²) in [5.41, 5.74) is -1.04. The van der Waals surface area contributed by atoms with Gasteiger partial charge in [-0.15, -0.1) is 6.42 Å². The highest BCUT2D eigenvalue weighted by Crippen LogP contribution is 2.31. The number of sulfonamides is 1. The normalized spacial score (nSPS) is 14.9. The van der Waals surface area contributed by atoms with E-state index in [1.807, 2.05) is 5.92 Å². The Bertz CT molecular complexity index is 1140. The van der Waals surface area contributed by atoms with E-state index in [0.717, 1.165) is 24.3 Å². The molecule has 0 radical (unpaired) electrons. The highest BCUT2D eigenvalue weighted by Gasteiger charge is 2.30. The molecular formula is C19H14Cl2F2N2O4S. The quantitative estimate of drug-likeness (QED) is 0.687. The average molecular weight is 475 g/mol. The molecule has 1 N–H and O–H groups in total. The third-order valence-corrected chi connectivity index (χ3v) is 6.97. The summed E-state index contributed by atoms with van der Waals surface area (Å²) < 4.78 is 59.8. The molecule has 0 aliphatic carbocycles. The van der Waals surface area contributed by atoms with Crippen molar-refractivity contribution in [3.05, 3.63) is 57.1 Å². The Balaban J connectivity index is 1.96. The molecule has 0 spiro atoms. The lowest BCUT2D eigenvalue weighted by Crippen LogP contribution is -2.40. The minimum Gasteiger partial charge on any atom is -0.379 e. The van der Waals surface area contributed by atoms with Crippen LogP contribution in [-0.2, 0) is 14.8 Å². The maximum Gasteiger partial charge on any atom is 0.257 e. The number of ether oxygens (including phenoxy) is 1. The van der Waals surface area contributed by atoms with Crippen LogP contribution in [-0.4, -0.2) is 44.9 Å². The third-order valence-electron chi connectivity index (χ3n) is 4.30. The summed E-state index contributed by atoms with van der Waals surface area (Å²) in [7, 11) is -4.02. The van der Waals surface area contributed by atoms with Gasteiger partial charge < -0.3 is 10.1 Å². The van der Waals surface area contributed by atoms with Gasteiger partial charge in [-0.25, -0.2) is 17.2 Å². The zero-order valence-electron chi connectivity index (χ0n) is 15.2. The second kappa shape index (κ2) is 8.88. The molecule has 1 heterocycles. The molecular weight excluding hydrogens is 461 g/mol. The molecule has 1 aliphatic rings. The number of carbonyl (C=O) groups is 1. The monoisotopic (exact) mass is 474 g/mol. The largest absolute Gasteiger partial charge is 0.379 e. The Kier molecular flexibility index (Phi) is 6.65. The minimum absolute atomic E-state index is 0.128. The second-order valence-electron chi connectivity index (χ2n) is 6.19. The molecule has 1 amide bonds. The first kappa shape index (κ1) is 22.5. The van der Waals surface area contributed by atoms with E-state index < -0.39 is 33.1 Å². The first-order chi connectivity index (χ1) is 14.1. The maximum absolute atomic E-state index is 13.9. The first-order valence-electron chi connectivity index (χ1n) is 8.49. The summed E-state index contributed by atoms with van der Waals surface area (Å²) in [6.45, 7) is 0.705. The predicted molar refractivity (Wildman–Crippen MR) is 108 cm³/mol. The fourth-order valence-electron chi connectivity index (χ4n) is 2.81. The molecule has 1 saturated heterocycles. The Labute approximate surface area is 181 Å². The highest BCUT2D eigenvalue weighted by molar-refractivity contribution is 7.89. The van der Waals surface area contributed by atoms with Crippen molar-refractivity contribution in [3.63, 3.8) is 0 Å². The highest BCUT2D eigenvalue weighted by atomic mass is 35.5. The van der Waals surface area contributed by atoms with E-state index in [1.54, 1.807) is 0 Å². The van der Waals surface area contributed by atoms with Crippen LogP contribution in [0.4, 0.5) is 14.5 Å². The van der Waals surface area contributed by atoms with Crippen molar-refractivity contribution in [1.29, 1.82) is 0 Å². The van der Waals surface area contributed by atoms with E-state index in [9.17, 15) is 22.0 Å². The number of halogens is 4. The zero-order valence-corrected chi connectivity index (χ0v) is 17.5. The van der Waals surface area contributed by atoms with Crippen LogP contribution in [0.25, 0.3) is 0 Å². The Morgan fingerprint density at radius 2 is 1.70 bits per heavy atom. The lowest BCUT2D eigenvalue weighted by molar-refractivity contribution is 0.0730. The predicted octanol–water partition coefficient (Wildman–Crippen LogP) is 3.53. The summed E-state index contributed by atoms with van der Waals surface area (Å²) >= 11 is 12.1. The molecule has 2 aromatic carbocycles. The van der Waals surface area contributed by atoms with E-state index in [0.29, 0.717) is 0 Å². The lowest BCUT2D eigenvalue weighted by Gasteiger charge is -2.26. The van der Waals surface area contributed by atoms with Crippen molar-refractivity contribution >= 4 is 44.8 Å². The van der Waals surface area contributed by atoms with Crippen molar-refractivity contribution in [2.75, 3.05) is 31.6 Å². The van der Waals surface area contributed by atoms with Crippen molar-refractivity contribution in [2.24, 2.45) is 0 Å². The van der Waals surface area contributed by atoms with Crippen LogP contribution >= 0.6 is 23.2 Å². The molecule has 1 aliphatic heterocycles. The number of amides is 1. The fourth-order valence-corrected chi connectivity index (χ4v) is 5.05. The van der Waals surface area contributed by atoms with Crippen molar-refractivity contribution in [2.45, 2.75) is 4.90 Å². The molecule has 30 heavy (non-hydrogen) atoms. The van der Waals surface area contributed by atoms with Gasteiger partial charge in [0.15, 0.2) is 0 Å². The number of nitrogens with one attached hydrogen (secondary N) is 1. The van der Waals surface area contributed by atoms with Crippen LogP contribution in [0.5, 0.6) is 0 Å². The zero-order chi connectivity index (χ0) is 22.1. The van der Waals surface area contributed by atoms with Crippen LogP contribution in [0.1, 0.15) is 15.9 Å². The van der Waals surface area contributed by atoms with E-state index >= 15 is 0 Å². The van der Waals surface area contributed by atoms with Gasteiger partial charge >= 0.3 is 0 Å². The molecule has 2 aromatic rings. The molecule has 0 atom stereocenters. The van der Waals surface area contributed by atoms with Gasteiger partial charge in [-0.2, -0.15) is 4.31 Å². The molecule has 11 heteroatoms. The number of terminal acetylenes is 1. The number of hydrogen-bond donors (Lipinski definition) is 1. The Morgan fingerprint density at radius 1 is 1.10 bits per heavy atom. The van der Waals surface area contributed by atoms with Crippen LogP contribution in [0, 0.1) is 24.0 Å². The Morgan fingerprint density at radius 3 is 2.27 bits per heavy atom. The molecule has 1 fully saturated rings. The van der Waals surface area contributed by atoms with Gasteiger partial charge in [0.05, 0.1) is 34.4 Å². The standard InChI is InChI=1S/C19H14Cl2F2N2O4S/c1-2-12-16(22)7-11(8-17(12)23)24-19(26)13-9-18(15(21)10-14(13)20)30(27,28)25-3-5-29-6-4-25/h1,7-10H,3-6H2,(H,24,26). The van der Waals surface area contributed by atoms with Gasteiger partial charge in [-0.3, -0.25) is 4.79 Å². The number of carbonyl (C=O) groups excluding carboxylic acids is 1. The van der Waals surface area contributed by atoms with Gasteiger partial charge in [0, 0.05) is 18.8 Å². The van der Waals surface area contributed by atoms with Crippen LogP contribution in [0.15, 0.2) is 29.2 Å². The maximum atomic E-state index is 13.9. The number of rotatable bonds is 4. The molecule has 0 aromatic heterocycles. The summed E-state index contributed by atoms with van der Waals surface area (Å²) in [5.74, 6) is -1.09. The van der Waals surface area contributed by atoms with Crippen molar-refractivity contribution in [3.8, 4) is 12.3 Å². The summed E-state index contributed by atoms with van der Waals surface area (Å²) in [6.07, 6.45) is 5.03. The van der Waals surface area contributed by atoms with Gasteiger partial charge in [0.25, 0.3) is 5.91 Å². The molecule has 0 unspecified atom stereocenters. The van der Waals surface area contributed by atoms with Crippen LogP contribution in [0.3, 0.4) is 0 Å². The lowest BCUT2D eigenvalue weighted by atomic mass is 10.1. The van der Waals surface area contributed by atoms with E-state index in [-0.39, 0.29) is 52.5 Å². The summed E-state index contributed by atoms with van der Waals surface area (Å²) in [6, 6.07) is 3.82. The number of nitrogens with zero attached hydrogens (tertiary/aromatic N) is 1. The molecule has 0 bridgehead atoms. The summed E-state index contributed by atoms with van der Waals surface area (Å²) in [4.78, 5) is 12.3. The molecule has 0 saturated carbocycles. The summed E-state index contributed by atoms with van der Waals surface area (Å²) in [5, 5.41) is 1.96. The number of hydrogen-bond acceptors (Lipinski definition) is 4. The van der Waals surface area contributed by atoms with Crippen molar-refractivity contribution < 1.29 is 26.7 Å². The van der Waals surface area contributed by atoms with Gasteiger partial charge in [0.2, 0.25) is 10.0 Å². The fraction of sp³-hybridized carbons (Fsp3) is 0.211. The first-order valence-corrected chi connectivity index (χ1v) is 10.7. The Hall–Kier alpha value is -2.22. The third kappa shape index (κ3) is 4.43. The SMILES string of the molecule is C#Cc1c(F)cc(NC(=O)c2cc(S(=O)(=O)N3CCOCC3)c(Cl)cc2Cl)cc1F. The average Bonchev–Trinajstić information content (AvgIpc) is 2.68. The molecule has 158 valence electrons. The molecule has 3 rings (SSSR count). The van der Waals surface area contributed by atoms with Crippen LogP contribution in [0.2, 0.25) is 10.0 Å². The number of anilines is 1. The minimum atomic E-state index is -4.02. The smallest absolute Gasteiger partial charge is 0.257 e. The van der Waals surface area contributed by atoms with Crippen molar-refractivity contribution in [1.82, 2.24) is 4.31 Å². The van der Waals surface area contributed by atoms with Crippen LogP contribution < -0.4 is 5.32 Å². The second-order valence-corrected chi connectivity index (χ2v) is 8.91. The number of benzene rings is 2. The topological polar surface area (TPSA) is 75.7 Å². The van der Waals surface area contributed by atoms with Gasteiger partial charge in [-0.1, -0.05) is 29.1 Å². The van der Waals surface area contributed by atoms with Gasteiger partial charge in [-0.05, 0) is 24.3 Å². The van der Waals surface area contributed by atoms with E-state index in [1.165, 1.54) is 4.31 Å². The van der Waals surface area contributed by atoms with Gasteiger partial charge in [0.1, 0.15) is 16.5 Å². The van der Waals surface area contributed by atoms with E-state index in [4.69, 9.17) is 34.4 Å². The van der Waals surface area contributed by atoms with E-state index in [2.05, 4.69) is 5.32 Å². The molecule has 6 nitrogen and oxygen atoms in total. The number of morpholine rings is 1.